The Morgan fingerprint density at radius 1 is 1.06 bits per heavy atom. The number of nitro benzene ring substituents is 1. The van der Waals surface area contributed by atoms with E-state index in [-0.39, 0.29) is 22.2 Å². The molecule has 3 N–H and O–H groups in total. The summed E-state index contributed by atoms with van der Waals surface area (Å²) >= 11 is 0. The molecular formula is C21H14FN5O4. The molecule has 0 radical (unpaired) electrons. The first-order valence-electron chi connectivity index (χ1n) is 9.01. The summed E-state index contributed by atoms with van der Waals surface area (Å²) in [4.78, 5) is 41.6. The number of benzene rings is 3. The van der Waals surface area contributed by atoms with Crippen molar-refractivity contribution in [3.63, 3.8) is 0 Å². The van der Waals surface area contributed by atoms with Gasteiger partial charge in [-0.1, -0.05) is 12.1 Å². The van der Waals surface area contributed by atoms with E-state index in [9.17, 15) is 24.1 Å². The maximum absolute atomic E-state index is 13.3. The zero-order valence-electron chi connectivity index (χ0n) is 15.8. The van der Waals surface area contributed by atoms with Crippen LogP contribution in [0.5, 0.6) is 0 Å². The average Bonchev–Trinajstić information content (AvgIpc) is 2.74. The van der Waals surface area contributed by atoms with Gasteiger partial charge in [-0.25, -0.2) is 9.37 Å². The number of halogens is 1. The number of H-pyrrole nitrogens is 1. The number of aromatic amines is 1. The summed E-state index contributed by atoms with van der Waals surface area (Å²) in [5.41, 5.74) is 0.540. The van der Waals surface area contributed by atoms with Gasteiger partial charge >= 0.3 is 0 Å². The van der Waals surface area contributed by atoms with Crippen molar-refractivity contribution in [2.45, 2.75) is 0 Å². The molecule has 3 aromatic carbocycles. The topological polar surface area (TPSA) is 130 Å². The van der Waals surface area contributed by atoms with Gasteiger partial charge in [0.05, 0.1) is 22.3 Å². The van der Waals surface area contributed by atoms with Gasteiger partial charge in [0.1, 0.15) is 5.82 Å². The molecule has 1 heterocycles. The van der Waals surface area contributed by atoms with Crippen molar-refractivity contribution >= 4 is 39.6 Å². The fourth-order valence-corrected chi connectivity index (χ4v) is 3.08. The Hall–Kier alpha value is -4.60. The van der Waals surface area contributed by atoms with Crippen molar-refractivity contribution < 1.29 is 14.1 Å². The molecule has 10 heteroatoms. The van der Waals surface area contributed by atoms with Crippen molar-refractivity contribution in [3.8, 4) is 0 Å². The number of nitrogens with zero attached hydrogens (tertiary/aromatic N) is 2. The first-order chi connectivity index (χ1) is 14.9. The SMILES string of the molecule is O=C(Nc1cccc(Nc2ccc([N+](=O)[O-])c3nc[nH]c(=O)c23)c1)c1cccc(F)c1. The van der Waals surface area contributed by atoms with Crippen LogP contribution >= 0.6 is 0 Å². The van der Waals surface area contributed by atoms with Crippen molar-refractivity contribution in [2.75, 3.05) is 10.6 Å². The van der Waals surface area contributed by atoms with E-state index in [1.165, 1.54) is 30.3 Å². The zero-order chi connectivity index (χ0) is 22.0. The first-order valence-corrected chi connectivity index (χ1v) is 9.01. The molecule has 9 nitrogen and oxygen atoms in total. The number of nitro groups is 1. The van der Waals surface area contributed by atoms with Crippen LogP contribution in [0, 0.1) is 15.9 Å². The van der Waals surface area contributed by atoms with Crippen LogP contribution in [0.15, 0.2) is 71.8 Å². The largest absolute Gasteiger partial charge is 0.355 e. The van der Waals surface area contributed by atoms with Crippen LogP contribution in [0.25, 0.3) is 10.9 Å². The van der Waals surface area contributed by atoms with Gasteiger partial charge in [-0.15, -0.1) is 0 Å². The molecule has 0 bridgehead atoms. The predicted octanol–water partition coefficient (Wildman–Crippen LogP) is 3.97. The molecule has 0 aliphatic carbocycles. The van der Waals surface area contributed by atoms with E-state index in [2.05, 4.69) is 20.6 Å². The lowest BCUT2D eigenvalue weighted by molar-refractivity contribution is -0.383. The zero-order valence-corrected chi connectivity index (χ0v) is 15.8. The van der Waals surface area contributed by atoms with Gasteiger partial charge in [0.15, 0.2) is 5.52 Å². The van der Waals surface area contributed by atoms with E-state index in [1.54, 1.807) is 24.3 Å². The Kier molecular flexibility index (Phi) is 5.10. The summed E-state index contributed by atoms with van der Waals surface area (Å²) in [6, 6.07) is 14.6. The van der Waals surface area contributed by atoms with Crippen molar-refractivity contribution in [1.29, 1.82) is 0 Å². The molecule has 1 amide bonds. The van der Waals surface area contributed by atoms with Gasteiger partial charge in [0.25, 0.3) is 17.2 Å². The number of aromatic nitrogens is 2. The number of carbonyl (C=O) groups is 1. The molecule has 4 aromatic rings. The molecule has 0 saturated heterocycles. The van der Waals surface area contributed by atoms with E-state index in [0.717, 1.165) is 12.4 Å². The molecular weight excluding hydrogens is 405 g/mol. The fourth-order valence-electron chi connectivity index (χ4n) is 3.08. The highest BCUT2D eigenvalue weighted by Crippen LogP contribution is 2.30. The summed E-state index contributed by atoms with van der Waals surface area (Å²) in [5, 5.41) is 17.0. The van der Waals surface area contributed by atoms with Gasteiger partial charge in [-0.05, 0) is 42.5 Å². The van der Waals surface area contributed by atoms with Crippen LogP contribution in [-0.4, -0.2) is 20.8 Å². The smallest absolute Gasteiger partial charge is 0.295 e. The van der Waals surface area contributed by atoms with E-state index in [0.29, 0.717) is 17.1 Å². The van der Waals surface area contributed by atoms with E-state index >= 15 is 0 Å². The Labute approximate surface area is 173 Å². The molecule has 154 valence electrons. The fraction of sp³-hybridized carbons (Fsp3) is 0. The van der Waals surface area contributed by atoms with Crippen LogP contribution in [-0.2, 0) is 0 Å². The lowest BCUT2D eigenvalue weighted by Gasteiger charge is -2.11. The minimum absolute atomic E-state index is 0.0332. The van der Waals surface area contributed by atoms with Crippen LogP contribution in [0.3, 0.4) is 0 Å². The predicted molar refractivity (Wildman–Crippen MR) is 113 cm³/mol. The number of nitrogens with one attached hydrogen (secondary N) is 3. The normalized spacial score (nSPS) is 10.6. The van der Waals surface area contributed by atoms with E-state index in [1.807, 2.05) is 0 Å². The van der Waals surface area contributed by atoms with Crippen LogP contribution in [0.4, 0.5) is 27.1 Å². The number of rotatable bonds is 5. The molecule has 0 spiro atoms. The van der Waals surface area contributed by atoms with Crippen LogP contribution in [0.2, 0.25) is 0 Å². The third-order valence-corrected chi connectivity index (χ3v) is 4.46. The molecule has 0 atom stereocenters. The first kappa shape index (κ1) is 19.7. The molecule has 0 fully saturated rings. The molecule has 0 aliphatic rings. The van der Waals surface area contributed by atoms with Gasteiger partial charge in [0, 0.05) is 23.0 Å². The number of anilines is 3. The lowest BCUT2D eigenvalue weighted by Crippen LogP contribution is -2.12. The highest BCUT2D eigenvalue weighted by Gasteiger charge is 2.18. The van der Waals surface area contributed by atoms with Crippen molar-refractivity contribution in [1.82, 2.24) is 9.97 Å². The standard InChI is InChI=1S/C21H14FN5O4/c22-13-4-1-3-12(9-13)20(28)26-15-6-2-5-14(10-15)25-16-7-8-17(27(30)31)19-18(16)21(29)24-11-23-19/h1-11,25H,(H,26,28)(H,23,24,29). The minimum atomic E-state index is -0.610. The Bertz CT molecular complexity index is 1390. The summed E-state index contributed by atoms with van der Waals surface area (Å²) in [5.74, 6) is -1.01. The highest BCUT2D eigenvalue weighted by molar-refractivity contribution is 6.04. The molecule has 31 heavy (non-hydrogen) atoms. The second-order valence-electron chi connectivity index (χ2n) is 6.51. The number of amides is 1. The third-order valence-electron chi connectivity index (χ3n) is 4.46. The summed E-state index contributed by atoms with van der Waals surface area (Å²) in [6.45, 7) is 0. The number of hydrogen-bond donors (Lipinski definition) is 3. The van der Waals surface area contributed by atoms with Gasteiger partial charge < -0.3 is 15.6 Å². The third kappa shape index (κ3) is 4.08. The Balaban J connectivity index is 1.65. The number of carbonyl (C=O) groups excluding carboxylic acids is 1. The maximum Gasteiger partial charge on any atom is 0.295 e. The molecule has 0 saturated carbocycles. The maximum atomic E-state index is 13.3. The second-order valence-corrected chi connectivity index (χ2v) is 6.51. The van der Waals surface area contributed by atoms with E-state index < -0.39 is 22.2 Å². The number of hydrogen-bond acceptors (Lipinski definition) is 6. The highest BCUT2D eigenvalue weighted by atomic mass is 19.1. The van der Waals surface area contributed by atoms with Gasteiger partial charge in [0.2, 0.25) is 0 Å². The Morgan fingerprint density at radius 3 is 2.61 bits per heavy atom. The number of non-ortho nitro benzene ring substituents is 1. The van der Waals surface area contributed by atoms with Gasteiger partial charge in [-0.3, -0.25) is 19.7 Å². The van der Waals surface area contributed by atoms with Crippen molar-refractivity contribution in [2.24, 2.45) is 0 Å². The second kappa shape index (κ2) is 8.03. The minimum Gasteiger partial charge on any atom is -0.355 e. The molecule has 1 aromatic heterocycles. The van der Waals surface area contributed by atoms with E-state index in [4.69, 9.17) is 0 Å². The average molecular weight is 419 g/mol. The molecule has 4 rings (SSSR count). The quantitative estimate of drug-likeness (QED) is 0.332. The molecule has 0 unspecified atom stereocenters. The summed E-state index contributed by atoms with van der Waals surface area (Å²) in [6.07, 6.45) is 1.10. The summed E-state index contributed by atoms with van der Waals surface area (Å²) < 4.78 is 13.3. The van der Waals surface area contributed by atoms with Crippen LogP contribution in [0.1, 0.15) is 10.4 Å². The van der Waals surface area contributed by atoms with Gasteiger partial charge in [-0.2, -0.15) is 0 Å². The number of fused-ring (bicyclic) bond motifs is 1. The molecule has 0 aliphatic heterocycles. The van der Waals surface area contributed by atoms with Crippen molar-refractivity contribution in [3.05, 3.63) is 98.8 Å². The monoisotopic (exact) mass is 419 g/mol. The Morgan fingerprint density at radius 2 is 1.84 bits per heavy atom. The van der Waals surface area contributed by atoms with Crippen LogP contribution < -0.4 is 16.2 Å². The lowest BCUT2D eigenvalue weighted by atomic mass is 10.1. The summed E-state index contributed by atoms with van der Waals surface area (Å²) in [7, 11) is 0.